The molecule has 108 valence electrons. The van der Waals surface area contributed by atoms with Gasteiger partial charge in [-0.15, -0.1) is 10.2 Å². The van der Waals surface area contributed by atoms with Gasteiger partial charge in [-0.05, 0) is 43.7 Å². The lowest BCUT2D eigenvalue weighted by atomic mass is 10.1. The third-order valence-electron chi connectivity index (χ3n) is 3.73. The van der Waals surface area contributed by atoms with E-state index >= 15 is 0 Å². The van der Waals surface area contributed by atoms with E-state index in [9.17, 15) is 0 Å². The zero-order valence-electron chi connectivity index (χ0n) is 12.1. The highest BCUT2D eigenvalue weighted by Gasteiger charge is 2.16. The van der Waals surface area contributed by atoms with E-state index in [4.69, 9.17) is 0 Å². The van der Waals surface area contributed by atoms with Gasteiger partial charge in [-0.25, -0.2) is 4.98 Å². The molecule has 0 bridgehead atoms. The minimum absolute atomic E-state index is 0.767. The number of hydrogen-bond donors (Lipinski definition) is 0. The molecule has 0 unspecified atom stereocenters. The average molecular weight is 354 g/mol. The summed E-state index contributed by atoms with van der Waals surface area (Å²) in [6, 6.07) is 7.99. The SMILES string of the molecule is Cc1ccncc1-c1nnc2c(C)nc3ccc(Br)cc3n12. The number of nitrogens with zero attached hydrogens (tertiary/aromatic N) is 5. The lowest BCUT2D eigenvalue weighted by Crippen LogP contribution is -1.98. The fraction of sp³-hybridized carbons (Fsp3) is 0.125. The molecule has 0 aliphatic rings. The Kier molecular flexibility index (Phi) is 2.94. The number of rotatable bonds is 1. The lowest BCUT2D eigenvalue weighted by Gasteiger charge is -2.08. The zero-order chi connectivity index (χ0) is 15.3. The molecule has 0 radical (unpaired) electrons. The first-order valence-electron chi connectivity index (χ1n) is 6.87. The number of halogens is 1. The average Bonchev–Trinajstić information content (AvgIpc) is 2.94. The largest absolute Gasteiger partial charge is 0.272 e. The van der Waals surface area contributed by atoms with Crippen molar-refractivity contribution in [2.75, 3.05) is 0 Å². The van der Waals surface area contributed by atoms with Gasteiger partial charge < -0.3 is 0 Å². The van der Waals surface area contributed by atoms with Gasteiger partial charge in [0.1, 0.15) is 0 Å². The first-order chi connectivity index (χ1) is 10.6. The van der Waals surface area contributed by atoms with Gasteiger partial charge in [0.15, 0.2) is 11.5 Å². The Hall–Kier alpha value is -2.34. The van der Waals surface area contributed by atoms with Gasteiger partial charge in [-0.1, -0.05) is 15.9 Å². The van der Waals surface area contributed by atoms with Crippen molar-refractivity contribution in [1.82, 2.24) is 24.6 Å². The van der Waals surface area contributed by atoms with Crippen molar-refractivity contribution in [3.63, 3.8) is 0 Å². The van der Waals surface area contributed by atoms with Crippen LogP contribution in [0, 0.1) is 13.8 Å². The van der Waals surface area contributed by atoms with Gasteiger partial charge in [0.05, 0.1) is 16.7 Å². The van der Waals surface area contributed by atoms with E-state index in [0.29, 0.717) is 0 Å². The molecule has 0 aliphatic carbocycles. The number of aryl methyl sites for hydroxylation is 2. The topological polar surface area (TPSA) is 56.0 Å². The highest BCUT2D eigenvalue weighted by atomic mass is 79.9. The van der Waals surface area contributed by atoms with E-state index < -0.39 is 0 Å². The molecule has 1 aromatic carbocycles. The Bertz CT molecular complexity index is 1020. The maximum Gasteiger partial charge on any atom is 0.183 e. The van der Waals surface area contributed by atoms with Crippen LogP contribution in [0.1, 0.15) is 11.3 Å². The molecule has 6 heteroatoms. The van der Waals surface area contributed by atoms with Crippen LogP contribution in [0.25, 0.3) is 28.1 Å². The molecule has 5 nitrogen and oxygen atoms in total. The fourth-order valence-corrected chi connectivity index (χ4v) is 2.97. The second-order valence-corrected chi connectivity index (χ2v) is 6.12. The van der Waals surface area contributed by atoms with Crippen LogP contribution in [0.3, 0.4) is 0 Å². The van der Waals surface area contributed by atoms with E-state index in [2.05, 4.69) is 36.1 Å². The molecule has 22 heavy (non-hydrogen) atoms. The van der Waals surface area contributed by atoms with Crippen LogP contribution in [0.4, 0.5) is 0 Å². The first kappa shape index (κ1) is 13.3. The van der Waals surface area contributed by atoms with Gasteiger partial charge in [-0.2, -0.15) is 0 Å². The minimum Gasteiger partial charge on any atom is -0.272 e. The zero-order valence-corrected chi connectivity index (χ0v) is 13.7. The summed E-state index contributed by atoms with van der Waals surface area (Å²) in [6.45, 7) is 4.00. The second-order valence-electron chi connectivity index (χ2n) is 5.20. The van der Waals surface area contributed by atoms with Crippen molar-refractivity contribution >= 4 is 32.6 Å². The third-order valence-corrected chi connectivity index (χ3v) is 4.23. The first-order valence-corrected chi connectivity index (χ1v) is 7.66. The van der Waals surface area contributed by atoms with Crippen LogP contribution in [0.15, 0.2) is 41.1 Å². The summed E-state index contributed by atoms with van der Waals surface area (Å²) in [5.41, 5.74) is 5.59. The number of pyridine rings is 1. The predicted molar refractivity (Wildman–Crippen MR) is 88.7 cm³/mol. The standard InChI is InChI=1S/C16H12BrN5/c1-9-5-6-18-8-12(9)16-21-20-15-10(2)19-13-4-3-11(17)7-14(13)22(15)16/h3-8H,1-2H3. The quantitative estimate of drug-likeness (QED) is 0.523. The highest BCUT2D eigenvalue weighted by Crippen LogP contribution is 2.27. The molecular formula is C16H12BrN5. The highest BCUT2D eigenvalue weighted by molar-refractivity contribution is 9.10. The fourth-order valence-electron chi connectivity index (χ4n) is 2.62. The van der Waals surface area contributed by atoms with Gasteiger partial charge in [-0.3, -0.25) is 9.38 Å². The van der Waals surface area contributed by atoms with Crippen LogP contribution >= 0.6 is 15.9 Å². The van der Waals surface area contributed by atoms with E-state index in [0.717, 1.165) is 43.8 Å². The molecule has 0 saturated heterocycles. The van der Waals surface area contributed by atoms with Gasteiger partial charge in [0.2, 0.25) is 0 Å². The normalized spacial score (nSPS) is 11.4. The summed E-state index contributed by atoms with van der Waals surface area (Å²) < 4.78 is 3.04. The summed E-state index contributed by atoms with van der Waals surface area (Å²) >= 11 is 3.53. The van der Waals surface area contributed by atoms with Crippen molar-refractivity contribution in [2.24, 2.45) is 0 Å². The second kappa shape index (κ2) is 4.84. The molecule has 4 rings (SSSR count). The third kappa shape index (κ3) is 1.91. The Balaban J connectivity index is 2.19. The van der Waals surface area contributed by atoms with Crippen molar-refractivity contribution in [2.45, 2.75) is 13.8 Å². The van der Waals surface area contributed by atoms with E-state index in [1.54, 1.807) is 6.20 Å². The van der Waals surface area contributed by atoms with Gasteiger partial charge in [0.25, 0.3) is 0 Å². The van der Waals surface area contributed by atoms with Crippen LogP contribution in [0.2, 0.25) is 0 Å². The molecular weight excluding hydrogens is 342 g/mol. The Morgan fingerprint density at radius 3 is 2.77 bits per heavy atom. The molecule has 0 N–H and O–H groups in total. The molecule has 0 saturated carbocycles. The van der Waals surface area contributed by atoms with E-state index in [1.165, 1.54) is 0 Å². The summed E-state index contributed by atoms with van der Waals surface area (Å²) in [5, 5.41) is 8.71. The molecule has 4 aromatic rings. The van der Waals surface area contributed by atoms with Crippen molar-refractivity contribution < 1.29 is 0 Å². The number of benzene rings is 1. The van der Waals surface area contributed by atoms with Gasteiger partial charge in [0, 0.05) is 22.4 Å². The summed E-state index contributed by atoms with van der Waals surface area (Å²) in [5.74, 6) is 0.786. The summed E-state index contributed by atoms with van der Waals surface area (Å²) in [4.78, 5) is 8.84. The van der Waals surface area contributed by atoms with Crippen molar-refractivity contribution in [3.05, 3.63) is 52.4 Å². The molecule has 3 aromatic heterocycles. The minimum atomic E-state index is 0.767. The molecule has 3 heterocycles. The Morgan fingerprint density at radius 1 is 1.09 bits per heavy atom. The summed E-state index contributed by atoms with van der Waals surface area (Å²) in [6.07, 6.45) is 3.61. The lowest BCUT2D eigenvalue weighted by molar-refractivity contribution is 1.10. The number of aromatic nitrogens is 5. The molecule has 0 spiro atoms. The molecule has 0 fully saturated rings. The number of hydrogen-bond acceptors (Lipinski definition) is 4. The Morgan fingerprint density at radius 2 is 1.95 bits per heavy atom. The summed E-state index contributed by atoms with van der Waals surface area (Å²) in [7, 11) is 0. The van der Waals surface area contributed by atoms with Crippen LogP contribution in [0.5, 0.6) is 0 Å². The Labute approximate surface area is 135 Å². The van der Waals surface area contributed by atoms with Crippen LogP contribution in [-0.4, -0.2) is 24.6 Å². The van der Waals surface area contributed by atoms with Crippen LogP contribution in [-0.2, 0) is 0 Å². The van der Waals surface area contributed by atoms with E-state index in [1.807, 2.05) is 48.7 Å². The van der Waals surface area contributed by atoms with Crippen molar-refractivity contribution in [3.8, 4) is 11.4 Å². The monoisotopic (exact) mass is 353 g/mol. The molecule has 0 aliphatic heterocycles. The predicted octanol–water partition coefficient (Wildman–Crippen LogP) is 3.72. The van der Waals surface area contributed by atoms with Crippen LogP contribution < -0.4 is 0 Å². The smallest absolute Gasteiger partial charge is 0.183 e. The van der Waals surface area contributed by atoms with E-state index in [-0.39, 0.29) is 0 Å². The molecule has 0 atom stereocenters. The maximum absolute atomic E-state index is 4.61. The maximum atomic E-state index is 4.61. The van der Waals surface area contributed by atoms with Crippen molar-refractivity contribution in [1.29, 1.82) is 0 Å². The molecule has 0 amide bonds. The number of fused-ring (bicyclic) bond motifs is 3. The van der Waals surface area contributed by atoms with Gasteiger partial charge >= 0.3 is 0 Å².